The van der Waals surface area contributed by atoms with Gasteiger partial charge in [0.05, 0.1) is 11.4 Å². The third-order valence-corrected chi connectivity index (χ3v) is 4.49. The molecule has 0 unspecified atom stereocenters. The van der Waals surface area contributed by atoms with E-state index in [2.05, 4.69) is 19.9 Å². The Balaban J connectivity index is 1.89. The third kappa shape index (κ3) is 3.07. The van der Waals surface area contributed by atoms with Crippen LogP contribution in [-0.2, 0) is 29.3 Å². The zero-order valence-electron chi connectivity index (χ0n) is 12.1. The van der Waals surface area contributed by atoms with Gasteiger partial charge in [0.1, 0.15) is 0 Å². The highest BCUT2D eigenvalue weighted by Gasteiger charge is 2.23. The lowest BCUT2D eigenvalue weighted by atomic mass is 10.1. The average molecular weight is 320 g/mol. The van der Waals surface area contributed by atoms with Crippen molar-refractivity contribution in [2.24, 2.45) is 0 Å². The van der Waals surface area contributed by atoms with Crippen molar-refractivity contribution in [1.29, 1.82) is 0 Å². The third-order valence-electron chi connectivity index (χ3n) is 3.59. The summed E-state index contributed by atoms with van der Waals surface area (Å²) in [5.74, 6) is 0. The van der Waals surface area contributed by atoms with E-state index in [1.165, 1.54) is 0 Å². The Labute approximate surface area is 128 Å². The first-order valence-corrected chi connectivity index (χ1v) is 8.77. The van der Waals surface area contributed by atoms with Gasteiger partial charge in [0.25, 0.3) is 5.56 Å². The molecule has 0 aliphatic carbocycles. The first kappa shape index (κ1) is 14.9. The van der Waals surface area contributed by atoms with E-state index in [1.54, 1.807) is 6.20 Å². The summed E-state index contributed by atoms with van der Waals surface area (Å²) in [6.07, 6.45) is 3.32. The first-order valence-electron chi connectivity index (χ1n) is 6.88. The van der Waals surface area contributed by atoms with Crippen molar-refractivity contribution < 1.29 is 8.42 Å². The normalized spacial score (nSPS) is 15.5. The molecule has 0 spiro atoms. The molecule has 0 aromatic carbocycles. The van der Waals surface area contributed by atoms with Crippen LogP contribution in [0.5, 0.6) is 0 Å². The monoisotopic (exact) mass is 320 g/mol. The van der Waals surface area contributed by atoms with Crippen LogP contribution in [0.1, 0.15) is 17.0 Å². The SMILES string of the molecule is CS(=O)(=O)c1nc2c(c(=O)[nH]1)CCN(Cc1ccccn1)C2. The Morgan fingerprint density at radius 2 is 2.18 bits per heavy atom. The lowest BCUT2D eigenvalue weighted by molar-refractivity contribution is 0.236. The number of nitrogens with one attached hydrogen (secondary N) is 1. The summed E-state index contributed by atoms with van der Waals surface area (Å²) in [5, 5.41) is -0.268. The van der Waals surface area contributed by atoms with E-state index in [0.29, 0.717) is 37.3 Å². The number of fused-ring (bicyclic) bond motifs is 1. The molecule has 22 heavy (non-hydrogen) atoms. The van der Waals surface area contributed by atoms with E-state index in [-0.39, 0.29) is 10.7 Å². The van der Waals surface area contributed by atoms with Crippen LogP contribution in [0.2, 0.25) is 0 Å². The van der Waals surface area contributed by atoms with E-state index >= 15 is 0 Å². The van der Waals surface area contributed by atoms with Crippen LogP contribution in [-0.4, -0.2) is 41.1 Å². The number of pyridine rings is 1. The maximum atomic E-state index is 12.0. The number of sulfone groups is 1. The molecule has 1 N–H and O–H groups in total. The lowest BCUT2D eigenvalue weighted by Gasteiger charge is -2.27. The fourth-order valence-corrected chi connectivity index (χ4v) is 3.06. The van der Waals surface area contributed by atoms with Crippen molar-refractivity contribution in [3.63, 3.8) is 0 Å². The molecule has 2 aromatic heterocycles. The Bertz CT molecular complexity index is 846. The zero-order valence-corrected chi connectivity index (χ0v) is 12.9. The Morgan fingerprint density at radius 1 is 1.36 bits per heavy atom. The molecule has 1 aliphatic heterocycles. The highest BCUT2D eigenvalue weighted by atomic mass is 32.2. The van der Waals surface area contributed by atoms with Gasteiger partial charge in [-0.25, -0.2) is 13.4 Å². The lowest BCUT2D eigenvalue weighted by Crippen LogP contribution is -2.35. The Hall–Kier alpha value is -2.06. The number of rotatable bonds is 3. The van der Waals surface area contributed by atoms with Gasteiger partial charge in [-0.15, -0.1) is 0 Å². The van der Waals surface area contributed by atoms with Gasteiger partial charge < -0.3 is 0 Å². The van der Waals surface area contributed by atoms with Gasteiger partial charge in [-0.05, 0) is 18.6 Å². The molecule has 1 aliphatic rings. The number of nitrogens with zero attached hydrogens (tertiary/aromatic N) is 3. The molecule has 0 amide bonds. The first-order chi connectivity index (χ1) is 10.4. The second kappa shape index (κ2) is 5.62. The van der Waals surface area contributed by atoms with Gasteiger partial charge in [0.2, 0.25) is 15.0 Å². The van der Waals surface area contributed by atoms with E-state index in [0.717, 1.165) is 11.9 Å². The molecule has 0 radical (unpaired) electrons. The van der Waals surface area contributed by atoms with Gasteiger partial charge in [0.15, 0.2) is 0 Å². The smallest absolute Gasteiger partial charge is 0.255 e. The van der Waals surface area contributed by atoms with Gasteiger partial charge in [-0.3, -0.25) is 19.7 Å². The van der Waals surface area contributed by atoms with Crippen molar-refractivity contribution in [3.05, 3.63) is 51.7 Å². The number of hydrogen-bond donors (Lipinski definition) is 1. The molecule has 0 atom stereocenters. The van der Waals surface area contributed by atoms with Crippen LogP contribution in [0.4, 0.5) is 0 Å². The summed E-state index contributed by atoms with van der Waals surface area (Å²) in [4.78, 5) is 24.9. The molecule has 0 saturated carbocycles. The van der Waals surface area contributed by atoms with Crippen LogP contribution in [0.25, 0.3) is 0 Å². The fraction of sp³-hybridized carbons (Fsp3) is 0.357. The molecule has 8 heteroatoms. The summed E-state index contributed by atoms with van der Waals surface area (Å²) < 4.78 is 23.2. The van der Waals surface area contributed by atoms with Crippen molar-refractivity contribution >= 4 is 9.84 Å². The standard InChI is InChI=1S/C14H16N4O3S/c1-22(20,21)14-16-12-9-18(7-5-11(12)13(19)17-14)8-10-4-2-3-6-15-10/h2-4,6H,5,7-9H2,1H3,(H,16,17,19). The maximum absolute atomic E-state index is 12.0. The van der Waals surface area contributed by atoms with Gasteiger partial charge in [-0.2, -0.15) is 0 Å². The number of aromatic amines is 1. The van der Waals surface area contributed by atoms with Crippen LogP contribution < -0.4 is 5.56 Å². The number of hydrogen-bond acceptors (Lipinski definition) is 6. The summed E-state index contributed by atoms with van der Waals surface area (Å²) in [5.41, 5.74) is 1.68. The topological polar surface area (TPSA) is 96.0 Å². The predicted molar refractivity (Wildman–Crippen MR) is 80.0 cm³/mol. The van der Waals surface area contributed by atoms with Crippen molar-refractivity contribution in [2.75, 3.05) is 12.8 Å². The molecule has 7 nitrogen and oxygen atoms in total. The minimum Gasteiger partial charge on any atom is -0.297 e. The molecule has 0 bridgehead atoms. The fourth-order valence-electron chi connectivity index (χ4n) is 2.50. The van der Waals surface area contributed by atoms with Crippen LogP contribution >= 0.6 is 0 Å². The second-order valence-electron chi connectivity index (χ2n) is 5.35. The summed E-state index contributed by atoms with van der Waals surface area (Å²) in [7, 11) is -3.53. The van der Waals surface area contributed by atoms with E-state index in [9.17, 15) is 13.2 Å². The summed E-state index contributed by atoms with van der Waals surface area (Å²) in [6, 6.07) is 5.71. The maximum Gasteiger partial charge on any atom is 0.255 e. The molecule has 2 aromatic rings. The minimum absolute atomic E-state index is 0.268. The number of H-pyrrole nitrogens is 1. The quantitative estimate of drug-likeness (QED) is 0.807. The van der Waals surface area contributed by atoms with E-state index < -0.39 is 9.84 Å². The van der Waals surface area contributed by atoms with Crippen LogP contribution in [0, 0.1) is 0 Å². The minimum atomic E-state index is -3.53. The van der Waals surface area contributed by atoms with Crippen molar-refractivity contribution in [2.45, 2.75) is 24.7 Å². The van der Waals surface area contributed by atoms with Crippen molar-refractivity contribution in [3.8, 4) is 0 Å². The largest absolute Gasteiger partial charge is 0.297 e. The molecule has 116 valence electrons. The molecule has 3 heterocycles. The molecule has 3 rings (SSSR count). The van der Waals surface area contributed by atoms with Gasteiger partial charge in [0, 0.05) is 37.7 Å². The Morgan fingerprint density at radius 3 is 2.86 bits per heavy atom. The zero-order chi connectivity index (χ0) is 15.7. The number of aromatic nitrogens is 3. The second-order valence-corrected chi connectivity index (χ2v) is 7.28. The Kier molecular flexibility index (Phi) is 3.79. The van der Waals surface area contributed by atoms with Crippen molar-refractivity contribution in [1.82, 2.24) is 19.9 Å². The molecule has 0 saturated heterocycles. The highest BCUT2D eigenvalue weighted by Crippen LogP contribution is 2.16. The van der Waals surface area contributed by atoms with Crippen LogP contribution in [0.3, 0.4) is 0 Å². The van der Waals surface area contributed by atoms with E-state index in [1.807, 2.05) is 18.2 Å². The summed E-state index contributed by atoms with van der Waals surface area (Å²) >= 11 is 0. The van der Waals surface area contributed by atoms with Gasteiger partial charge >= 0.3 is 0 Å². The van der Waals surface area contributed by atoms with E-state index in [4.69, 9.17) is 0 Å². The molecular formula is C14H16N4O3S. The summed E-state index contributed by atoms with van der Waals surface area (Å²) in [6.45, 7) is 1.80. The van der Waals surface area contributed by atoms with Gasteiger partial charge in [-0.1, -0.05) is 6.07 Å². The highest BCUT2D eigenvalue weighted by molar-refractivity contribution is 7.90. The molecular weight excluding hydrogens is 304 g/mol. The average Bonchev–Trinajstić information content (AvgIpc) is 2.47. The molecule has 0 fully saturated rings. The predicted octanol–water partition coefficient (Wildman–Crippen LogP) is 0.127. The van der Waals surface area contributed by atoms with Crippen LogP contribution in [0.15, 0.2) is 34.3 Å².